The number of thiazole rings is 1. The van der Waals surface area contributed by atoms with Gasteiger partial charge in [0.25, 0.3) is 0 Å². The number of aromatic nitrogens is 1. The number of hydrogen-bond acceptors (Lipinski definition) is 6. The Labute approximate surface area is 125 Å². The first-order valence-corrected chi connectivity index (χ1v) is 7.81. The lowest BCUT2D eigenvalue weighted by Gasteiger charge is -2.03. The Morgan fingerprint density at radius 2 is 2.00 bits per heavy atom. The van der Waals surface area contributed by atoms with Crippen LogP contribution < -0.4 is 17.0 Å². The molecule has 1 aromatic carbocycles. The van der Waals surface area contributed by atoms with Gasteiger partial charge in [-0.3, -0.25) is 10.2 Å². The highest BCUT2D eigenvalue weighted by atomic mass is 32.2. The molecule has 0 aliphatic rings. The third kappa shape index (κ3) is 3.96. The molecule has 0 bridgehead atoms. The quantitative estimate of drug-likeness (QED) is 0.339. The van der Waals surface area contributed by atoms with Crippen LogP contribution in [0.5, 0.6) is 0 Å². The highest BCUT2D eigenvalue weighted by molar-refractivity contribution is 8.00. The van der Waals surface area contributed by atoms with Crippen LogP contribution in [-0.2, 0) is 17.0 Å². The van der Waals surface area contributed by atoms with Crippen LogP contribution in [-0.4, -0.2) is 10.9 Å². The van der Waals surface area contributed by atoms with E-state index < -0.39 is 0 Å². The van der Waals surface area contributed by atoms with Gasteiger partial charge >= 0.3 is 0 Å². The molecule has 0 aliphatic heterocycles. The number of carbonyl (C=O) groups is 1. The lowest BCUT2D eigenvalue weighted by Crippen LogP contribution is -2.31. The van der Waals surface area contributed by atoms with Crippen LogP contribution in [0.3, 0.4) is 0 Å². The number of nitrogens with one attached hydrogen (secondary N) is 1. The molecule has 2 aromatic rings. The lowest BCUT2D eigenvalue weighted by atomic mass is 10.1. The first-order valence-electron chi connectivity index (χ1n) is 6.01. The summed E-state index contributed by atoms with van der Waals surface area (Å²) in [7, 11) is 0. The third-order valence-electron chi connectivity index (χ3n) is 2.69. The number of nitrogen functional groups attached to an aromatic ring is 1. The maximum Gasteiger partial charge on any atom is 0.238 e. The molecule has 0 spiro atoms. The van der Waals surface area contributed by atoms with Crippen LogP contribution in [0, 0.1) is 6.92 Å². The number of aryl methyl sites for hydroxylation is 1. The lowest BCUT2D eigenvalue weighted by molar-refractivity contribution is -0.120. The zero-order chi connectivity index (χ0) is 14.5. The van der Waals surface area contributed by atoms with E-state index in [2.05, 4.69) is 10.4 Å². The Morgan fingerprint density at radius 3 is 2.55 bits per heavy atom. The number of benzene rings is 1. The van der Waals surface area contributed by atoms with Crippen molar-refractivity contribution in [3.8, 4) is 0 Å². The molecule has 7 heteroatoms. The monoisotopic (exact) mass is 308 g/mol. The Bertz CT molecular complexity index is 595. The van der Waals surface area contributed by atoms with Crippen molar-refractivity contribution in [3.63, 3.8) is 0 Å². The second-order valence-corrected chi connectivity index (χ2v) is 6.55. The SMILES string of the molecule is Cc1nc(N)sc1SCc1ccc(CC(=O)NN)cc1. The standard InChI is InChI=1S/C13H16N4OS2/c1-8-12(20-13(14)16-8)19-7-10-4-2-9(3-5-10)6-11(18)17-15/h2-5H,6-7,15H2,1H3,(H2,14,16)(H,17,18). The molecule has 0 aliphatic carbocycles. The fraction of sp³-hybridized carbons (Fsp3) is 0.231. The van der Waals surface area contributed by atoms with Gasteiger partial charge in [0.15, 0.2) is 5.13 Å². The van der Waals surface area contributed by atoms with Gasteiger partial charge in [0.2, 0.25) is 5.91 Å². The highest BCUT2D eigenvalue weighted by Gasteiger charge is 2.06. The van der Waals surface area contributed by atoms with Gasteiger partial charge in [0.1, 0.15) is 0 Å². The summed E-state index contributed by atoms with van der Waals surface area (Å²) in [6.45, 7) is 1.96. The van der Waals surface area contributed by atoms with E-state index in [-0.39, 0.29) is 5.91 Å². The predicted molar refractivity (Wildman–Crippen MR) is 83.3 cm³/mol. The number of rotatable bonds is 5. The molecule has 1 amide bonds. The van der Waals surface area contributed by atoms with E-state index in [1.807, 2.05) is 31.2 Å². The van der Waals surface area contributed by atoms with Crippen molar-refractivity contribution in [2.45, 2.75) is 23.3 Å². The molecule has 0 saturated heterocycles. The maximum absolute atomic E-state index is 11.2. The summed E-state index contributed by atoms with van der Waals surface area (Å²) in [5.74, 6) is 5.72. The fourth-order valence-corrected chi connectivity index (χ4v) is 3.65. The molecule has 1 aromatic heterocycles. The van der Waals surface area contributed by atoms with E-state index in [4.69, 9.17) is 11.6 Å². The van der Waals surface area contributed by atoms with Crippen LogP contribution in [0.4, 0.5) is 5.13 Å². The molecule has 0 unspecified atom stereocenters. The zero-order valence-electron chi connectivity index (χ0n) is 11.1. The Balaban J connectivity index is 1.94. The average Bonchev–Trinajstić information content (AvgIpc) is 2.76. The molecule has 0 saturated carbocycles. The van der Waals surface area contributed by atoms with Gasteiger partial charge in [0, 0.05) is 5.75 Å². The Kier molecular flexibility index (Phi) is 4.99. The van der Waals surface area contributed by atoms with E-state index in [0.29, 0.717) is 11.6 Å². The number of thioether (sulfide) groups is 1. The molecular weight excluding hydrogens is 292 g/mol. The Hall–Kier alpha value is -1.57. The van der Waals surface area contributed by atoms with E-state index in [0.717, 1.165) is 21.2 Å². The summed E-state index contributed by atoms with van der Waals surface area (Å²) in [5.41, 5.74) is 10.9. The van der Waals surface area contributed by atoms with E-state index >= 15 is 0 Å². The topological polar surface area (TPSA) is 94.0 Å². The first-order chi connectivity index (χ1) is 9.58. The molecule has 0 fully saturated rings. The van der Waals surface area contributed by atoms with Crippen molar-refractivity contribution >= 4 is 34.1 Å². The van der Waals surface area contributed by atoms with Gasteiger partial charge in [-0.25, -0.2) is 10.8 Å². The maximum atomic E-state index is 11.2. The second kappa shape index (κ2) is 6.74. The van der Waals surface area contributed by atoms with E-state index in [1.165, 1.54) is 16.9 Å². The minimum Gasteiger partial charge on any atom is -0.375 e. The predicted octanol–water partition coefficient (Wildman–Crippen LogP) is 1.86. The molecule has 1 heterocycles. The van der Waals surface area contributed by atoms with Crippen LogP contribution in [0.2, 0.25) is 0 Å². The van der Waals surface area contributed by atoms with Crippen molar-refractivity contribution in [2.24, 2.45) is 5.84 Å². The zero-order valence-corrected chi connectivity index (χ0v) is 12.7. The number of nitrogens with two attached hydrogens (primary N) is 2. The Morgan fingerprint density at radius 1 is 1.35 bits per heavy atom. The average molecular weight is 308 g/mol. The molecule has 0 radical (unpaired) electrons. The first kappa shape index (κ1) is 14.8. The largest absolute Gasteiger partial charge is 0.375 e. The number of hydrogen-bond donors (Lipinski definition) is 3. The van der Waals surface area contributed by atoms with E-state index in [9.17, 15) is 4.79 Å². The summed E-state index contributed by atoms with van der Waals surface area (Å²) in [6, 6.07) is 7.93. The summed E-state index contributed by atoms with van der Waals surface area (Å²) >= 11 is 3.23. The highest BCUT2D eigenvalue weighted by Crippen LogP contribution is 2.32. The normalized spacial score (nSPS) is 10.5. The van der Waals surface area contributed by atoms with E-state index in [1.54, 1.807) is 11.8 Å². The summed E-state index contributed by atoms with van der Waals surface area (Å²) in [6.07, 6.45) is 0.300. The number of amides is 1. The molecule has 5 N–H and O–H groups in total. The minimum absolute atomic E-state index is 0.192. The minimum atomic E-state index is -0.192. The van der Waals surface area contributed by atoms with Gasteiger partial charge in [0.05, 0.1) is 16.3 Å². The number of nitrogens with zero attached hydrogens (tertiary/aromatic N) is 1. The van der Waals surface area contributed by atoms with Crippen LogP contribution in [0.25, 0.3) is 0 Å². The number of hydrazine groups is 1. The molecule has 5 nitrogen and oxygen atoms in total. The molecule has 106 valence electrons. The van der Waals surface area contributed by atoms with Crippen LogP contribution in [0.15, 0.2) is 28.5 Å². The fourth-order valence-electron chi connectivity index (χ4n) is 1.68. The molecule has 2 rings (SSSR count). The molecule has 0 atom stereocenters. The molecular formula is C13H16N4OS2. The second-order valence-electron chi connectivity index (χ2n) is 4.27. The van der Waals surface area contributed by atoms with Gasteiger partial charge in [-0.2, -0.15) is 0 Å². The summed E-state index contributed by atoms with van der Waals surface area (Å²) < 4.78 is 1.15. The number of carbonyl (C=O) groups excluding carboxylic acids is 1. The third-order valence-corrected chi connectivity index (χ3v) is 5.11. The molecule has 20 heavy (non-hydrogen) atoms. The smallest absolute Gasteiger partial charge is 0.238 e. The summed E-state index contributed by atoms with van der Waals surface area (Å²) in [4.78, 5) is 15.4. The summed E-state index contributed by atoms with van der Waals surface area (Å²) in [5, 5.41) is 0.605. The van der Waals surface area contributed by atoms with Crippen LogP contribution in [0.1, 0.15) is 16.8 Å². The van der Waals surface area contributed by atoms with Gasteiger partial charge in [-0.15, -0.1) is 11.8 Å². The number of anilines is 1. The van der Waals surface area contributed by atoms with Crippen molar-refractivity contribution in [2.75, 3.05) is 5.73 Å². The van der Waals surface area contributed by atoms with Crippen molar-refractivity contribution in [3.05, 3.63) is 41.1 Å². The van der Waals surface area contributed by atoms with Crippen molar-refractivity contribution in [1.82, 2.24) is 10.4 Å². The van der Waals surface area contributed by atoms with Crippen molar-refractivity contribution < 1.29 is 4.79 Å². The van der Waals surface area contributed by atoms with Gasteiger partial charge in [-0.1, -0.05) is 35.6 Å². The van der Waals surface area contributed by atoms with Crippen LogP contribution >= 0.6 is 23.1 Å². The van der Waals surface area contributed by atoms with Crippen molar-refractivity contribution in [1.29, 1.82) is 0 Å². The van der Waals surface area contributed by atoms with Gasteiger partial charge in [-0.05, 0) is 18.1 Å². The van der Waals surface area contributed by atoms with Gasteiger partial charge < -0.3 is 5.73 Å².